The van der Waals surface area contributed by atoms with Gasteiger partial charge in [-0.2, -0.15) is 48.3 Å². The van der Waals surface area contributed by atoms with Crippen LogP contribution in [0.15, 0.2) is 12.4 Å². The molecule has 1 heterocycles. The number of hydrogen-bond donors (Lipinski definition) is 6. The minimum atomic E-state index is -2.13. The molecule has 0 spiro atoms. The van der Waals surface area contributed by atoms with Crippen molar-refractivity contribution in [1.29, 1.82) is 0 Å². The van der Waals surface area contributed by atoms with Crippen molar-refractivity contribution in [1.82, 2.24) is 20.6 Å². The Hall–Kier alpha value is -2.67. The van der Waals surface area contributed by atoms with Gasteiger partial charge in [0.25, 0.3) is 0 Å². The average molecular weight is 1040 g/mol. The SMILES string of the molecule is C[Si](C)(CCCC(C(=O)O)C(=O)O)O[Si](C)(C)CSCc1ncc(CCC(=O)CC[C@H](NC(=O)NCCCC(=O)O)C(=O)O)cn1.O=C=O.S.S.[NH2-].[NH2-].[Pt+2]. The Balaban J connectivity index is -0.000000695. The standard InChI is InChI=1S/C28H46N4O11SSi2.CO2.2H2N.Pt.2H2S/c1-45(2,14-6-7-21(25(36)37)26(38)39)43-46(3,4)18-44-17-23-30-15-19(16-31-23)9-10-20(33)11-12-22(27(40)41)32-28(42)29-13-5-8-24(34)35;2-1-3;;;;;/h15-16,21-22H,5-14,17-18H2,1-4H3,(H,34,35)(H,36,37)(H,38,39)(H,40,41)(H2,29,32,42);;2*1H2;;2*1H2/q;;2*-1;+2;;/t22-;;;;;;/m0....../s1. The van der Waals surface area contributed by atoms with E-state index in [0.29, 0.717) is 30.5 Å². The number of aromatic nitrogens is 2. The summed E-state index contributed by atoms with van der Waals surface area (Å²) < 4.78 is 6.55. The Labute approximate surface area is 349 Å². The van der Waals surface area contributed by atoms with Crippen molar-refractivity contribution < 1.29 is 84.0 Å². The second-order valence-electron chi connectivity index (χ2n) is 12.2. The summed E-state index contributed by atoms with van der Waals surface area (Å²) in [5, 5.41) is 41.6. The minimum absolute atomic E-state index is 0. The number of nitrogens with two attached hydrogens (primary N) is 2. The van der Waals surface area contributed by atoms with Gasteiger partial charge < -0.3 is 47.5 Å². The third-order valence-electron chi connectivity index (χ3n) is 6.72. The molecule has 314 valence electrons. The molecule has 1 aromatic heterocycles. The van der Waals surface area contributed by atoms with Gasteiger partial charge in [0.05, 0.1) is 5.75 Å². The van der Waals surface area contributed by atoms with E-state index in [1.54, 1.807) is 24.2 Å². The van der Waals surface area contributed by atoms with Crippen LogP contribution in [0, 0.1) is 5.92 Å². The van der Waals surface area contributed by atoms with Crippen molar-refractivity contribution in [3.05, 3.63) is 36.1 Å². The van der Waals surface area contributed by atoms with E-state index >= 15 is 0 Å². The van der Waals surface area contributed by atoms with Gasteiger partial charge in [-0.1, -0.05) is 6.42 Å². The number of aryl methyl sites for hydroxylation is 1. The van der Waals surface area contributed by atoms with Gasteiger partial charge in [0.2, 0.25) is 0 Å². The number of hydrogen-bond acceptors (Lipinski definition) is 12. The molecule has 0 aliphatic heterocycles. The third kappa shape index (κ3) is 31.7. The van der Waals surface area contributed by atoms with Gasteiger partial charge in [-0.25, -0.2) is 19.6 Å². The number of aliphatic carboxylic acids is 4. The number of nitrogens with one attached hydrogen (secondary N) is 2. The summed E-state index contributed by atoms with van der Waals surface area (Å²) >= 11 is 1.66. The number of carboxylic acids is 4. The normalized spacial score (nSPS) is 10.7. The molecule has 0 aliphatic rings. The molecule has 19 nitrogen and oxygen atoms in total. The molecule has 0 aromatic carbocycles. The molecule has 0 saturated heterocycles. The number of carbonyl (C=O) groups is 6. The van der Waals surface area contributed by atoms with Gasteiger partial charge >= 0.3 is 57.1 Å². The summed E-state index contributed by atoms with van der Waals surface area (Å²) in [6.07, 6.45) is 4.61. The maximum atomic E-state index is 12.4. The van der Waals surface area contributed by atoms with E-state index in [4.69, 9.17) is 29.0 Å². The summed E-state index contributed by atoms with van der Waals surface area (Å²) in [6.45, 7) is 8.42. The van der Waals surface area contributed by atoms with E-state index in [1.807, 2.05) is 0 Å². The van der Waals surface area contributed by atoms with E-state index in [-0.39, 0.29) is 117 Å². The molecule has 1 atom stereocenters. The van der Waals surface area contributed by atoms with Crippen LogP contribution < -0.4 is 10.6 Å². The van der Waals surface area contributed by atoms with Gasteiger partial charge in [0.1, 0.15) is 17.6 Å². The van der Waals surface area contributed by atoms with Crippen molar-refractivity contribution in [3.63, 3.8) is 0 Å². The van der Waals surface area contributed by atoms with E-state index in [9.17, 15) is 33.9 Å². The number of rotatable bonds is 24. The molecule has 10 N–H and O–H groups in total. The van der Waals surface area contributed by atoms with Crippen LogP contribution in [0.25, 0.3) is 12.3 Å². The summed E-state index contributed by atoms with van der Waals surface area (Å²) in [4.78, 5) is 93.5. The first kappa shape index (κ1) is 63.3. The van der Waals surface area contributed by atoms with Crippen LogP contribution in [0.3, 0.4) is 0 Å². The zero-order chi connectivity index (χ0) is 37.6. The zero-order valence-electron chi connectivity index (χ0n) is 30.5. The van der Waals surface area contributed by atoms with E-state index in [0.717, 1.165) is 10.9 Å². The first-order valence-corrected chi connectivity index (χ1v) is 22.7. The fraction of sp³-hybridized carbons (Fsp3) is 0.621. The fourth-order valence-electron chi connectivity index (χ4n) is 4.51. The predicted molar refractivity (Wildman–Crippen MR) is 211 cm³/mol. The summed E-state index contributed by atoms with van der Waals surface area (Å²) in [7, 11) is -4.21. The van der Waals surface area contributed by atoms with E-state index < -0.39 is 58.5 Å². The second kappa shape index (κ2) is 33.7. The molecule has 0 bridgehead atoms. The molecule has 25 heteroatoms. The molecule has 0 radical (unpaired) electrons. The van der Waals surface area contributed by atoms with Gasteiger partial charge in [-0.05, 0) is 63.5 Å². The Bertz CT molecular complexity index is 1300. The van der Waals surface area contributed by atoms with Crippen LogP contribution in [0.4, 0.5) is 4.79 Å². The molecule has 0 unspecified atom stereocenters. The number of Topliss-reactive ketones (excluding diaryl/α,β-unsaturated/α-hetero) is 1. The van der Waals surface area contributed by atoms with Crippen molar-refractivity contribution in [2.45, 2.75) is 95.4 Å². The first-order chi connectivity index (χ1) is 22.8. The Morgan fingerprint density at radius 3 is 1.85 bits per heavy atom. The minimum Gasteiger partial charge on any atom is -0.693 e. The quantitative estimate of drug-likeness (QED) is 0.0480. The Morgan fingerprint density at radius 1 is 0.833 bits per heavy atom. The molecule has 1 aromatic rings. The second-order valence-corrected chi connectivity index (χ2v) is 22.4. The number of nitrogens with zero attached hydrogens (tertiary/aromatic N) is 2. The number of carbonyl (C=O) groups excluding carboxylic acids is 4. The third-order valence-corrected chi connectivity index (χ3v) is 16.8. The van der Waals surface area contributed by atoms with Crippen LogP contribution in [-0.4, -0.2) is 107 Å². The molecule has 2 amide bonds. The molecule has 54 heavy (non-hydrogen) atoms. The van der Waals surface area contributed by atoms with Gasteiger partial charge in [0.15, 0.2) is 22.6 Å². The average Bonchev–Trinajstić information content (AvgIpc) is 2.98. The van der Waals surface area contributed by atoms with Crippen molar-refractivity contribution in [2.75, 3.05) is 11.9 Å². The number of urea groups is 1. The van der Waals surface area contributed by atoms with E-state index in [2.05, 4.69) is 46.8 Å². The monoisotopic (exact) mass is 1040 g/mol. The van der Waals surface area contributed by atoms with Crippen LogP contribution in [-0.2, 0) is 70.9 Å². The molecular weight excluding hydrogens is 988 g/mol. The first-order valence-electron chi connectivity index (χ1n) is 15.4. The smallest absolute Gasteiger partial charge is 0.693 e. The summed E-state index contributed by atoms with van der Waals surface area (Å²) in [5.41, 5.74) is 0.759. The maximum absolute atomic E-state index is 12.4. The van der Waals surface area contributed by atoms with Crippen LogP contribution >= 0.6 is 38.8 Å². The molecule has 1 rings (SSSR count). The number of thioether (sulfide) groups is 1. The largest absolute Gasteiger partial charge is 2.00 e. The summed E-state index contributed by atoms with van der Waals surface area (Å²) in [5.74, 6) is -5.29. The van der Waals surface area contributed by atoms with E-state index in [1.165, 1.54) is 0 Å². The zero-order valence-corrected chi connectivity index (χ0v) is 37.6. The summed E-state index contributed by atoms with van der Waals surface area (Å²) in [6, 6.07) is -1.33. The maximum Gasteiger partial charge on any atom is 2.00 e. The molecule has 0 fully saturated rings. The predicted octanol–water partition coefficient (Wildman–Crippen LogP) is 4.21. The fourth-order valence-corrected chi connectivity index (χ4v) is 15.4. The number of ketones is 1. The topological polar surface area (TPSA) is 344 Å². The van der Waals surface area contributed by atoms with Crippen LogP contribution in [0.2, 0.25) is 32.2 Å². The number of carboxylic acid groups (broad SMARTS) is 4. The van der Waals surface area contributed by atoms with Gasteiger partial charge in [-0.15, -0.1) is 0 Å². The van der Waals surface area contributed by atoms with Gasteiger partial charge in [-0.3, -0.25) is 19.2 Å². The Kier molecular flexibility index (Phi) is 39.4. The molecular formula is C29H54N6O13PtS3Si2. The molecule has 0 saturated carbocycles. The van der Waals surface area contributed by atoms with Crippen LogP contribution in [0.1, 0.15) is 56.3 Å². The van der Waals surface area contributed by atoms with Gasteiger partial charge in [0, 0.05) is 43.6 Å². The van der Waals surface area contributed by atoms with Crippen LogP contribution in [0.5, 0.6) is 0 Å². The number of amides is 2. The van der Waals surface area contributed by atoms with Crippen molar-refractivity contribution in [2.24, 2.45) is 5.92 Å². The molecule has 0 aliphatic carbocycles. The Morgan fingerprint density at radius 2 is 1.37 bits per heavy atom. The van der Waals surface area contributed by atoms with Crippen molar-refractivity contribution >= 4 is 97.2 Å². The van der Waals surface area contributed by atoms with Crippen molar-refractivity contribution in [3.8, 4) is 0 Å².